The number of carbonyl (C=O) groups is 1. The van der Waals surface area contributed by atoms with Gasteiger partial charge in [-0.15, -0.1) is 0 Å². The zero-order valence-electron chi connectivity index (χ0n) is 10.9. The summed E-state index contributed by atoms with van der Waals surface area (Å²) in [6.45, 7) is 6.52. The van der Waals surface area contributed by atoms with Crippen LogP contribution in [0.1, 0.15) is 50.2 Å². The second-order valence-electron chi connectivity index (χ2n) is 5.26. The third-order valence-electron chi connectivity index (χ3n) is 3.58. The van der Waals surface area contributed by atoms with Crippen LogP contribution in [0, 0.1) is 12.8 Å². The second-order valence-corrected chi connectivity index (χ2v) is 5.26. The highest BCUT2D eigenvalue weighted by molar-refractivity contribution is 6.02. The summed E-state index contributed by atoms with van der Waals surface area (Å²) < 4.78 is 0. The highest BCUT2D eigenvalue weighted by Gasteiger charge is 2.31. The molecule has 1 aliphatic rings. The molecule has 0 saturated heterocycles. The Morgan fingerprint density at radius 1 is 1.41 bits per heavy atom. The van der Waals surface area contributed by atoms with Crippen LogP contribution in [0.15, 0.2) is 18.2 Å². The van der Waals surface area contributed by atoms with Gasteiger partial charge >= 0.3 is 0 Å². The molecule has 0 bridgehead atoms. The zero-order chi connectivity index (χ0) is 12.4. The monoisotopic (exact) mass is 231 g/mol. The summed E-state index contributed by atoms with van der Waals surface area (Å²) in [5.74, 6) is 0.849. The molecule has 0 fully saturated rings. The van der Waals surface area contributed by atoms with Gasteiger partial charge in [0, 0.05) is 5.69 Å². The van der Waals surface area contributed by atoms with Crippen molar-refractivity contribution in [3.05, 3.63) is 29.3 Å². The number of nitrogens with one attached hydrogen (secondary N) is 1. The van der Waals surface area contributed by atoms with Crippen molar-refractivity contribution in [3.8, 4) is 0 Å². The van der Waals surface area contributed by atoms with E-state index in [0.29, 0.717) is 5.92 Å². The minimum Gasteiger partial charge on any atom is -0.325 e. The number of benzene rings is 1. The lowest BCUT2D eigenvalue weighted by Gasteiger charge is -2.15. The molecular weight excluding hydrogens is 210 g/mol. The van der Waals surface area contributed by atoms with E-state index in [-0.39, 0.29) is 11.8 Å². The molecule has 0 aliphatic carbocycles. The van der Waals surface area contributed by atoms with Crippen molar-refractivity contribution in [2.75, 3.05) is 5.32 Å². The average molecular weight is 231 g/mol. The maximum absolute atomic E-state index is 12.0. The number of rotatable bonds is 4. The first-order valence-electron chi connectivity index (χ1n) is 6.53. The molecule has 17 heavy (non-hydrogen) atoms. The van der Waals surface area contributed by atoms with Crippen molar-refractivity contribution < 1.29 is 4.79 Å². The van der Waals surface area contributed by atoms with Gasteiger partial charge in [-0.05, 0) is 30.9 Å². The first kappa shape index (κ1) is 12.2. The Kier molecular flexibility index (Phi) is 3.51. The zero-order valence-corrected chi connectivity index (χ0v) is 10.9. The quantitative estimate of drug-likeness (QED) is 0.837. The van der Waals surface area contributed by atoms with Gasteiger partial charge in [0.2, 0.25) is 5.91 Å². The Hall–Kier alpha value is -1.31. The third kappa shape index (κ3) is 2.51. The second kappa shape index (κ2) is 4.91. The predicted molar refractivity (Wildman–Crippen MR) is 71.2 cm³/mol. The van der Waals surface area contributed by atoms with Crippen LogP contribution in [-0.2, 0) is 4.79 Å². The van der Waals surface area contributed by atoms with Crippen molar-refractivity contribution >= 4 is 11.6 Å². The molecule has 2 unspecified atom stereocenters. The molecule has 0 spiro atoms. The molecule has 1 amide bonds. The van der Waals surface area contributed by atoms with Crippen LogP contribution in [0.25, 0.3) is 0 Å². The summed E-state index contributed by atoms with van der Waals surface area (Å²) >= 11 is 0. The Balaban J connectivity index is 2.19. The smallest absolute Gasteiger partial charge is 0.232 e. The number of anilines is 1. The number of carbonyl (C=O) groups excluding carboxylic acids is 1. The van der Waals surface area contributed by atoms with Crippen molar-refractivity contribution in [1.29, 1.82) is 0 Å². The van der Waals surface area contributed by atoms with Crippen LogP contribution in [0.3, 0.4) is 0 Å². The number of hydrogen-bond donors (Lipinski definition) is 1. The van der Waals surface area contributed by atoms with E-state index in [0.717, 1.165) is 12.1 Å². The van der Waals surface area contributed by atoms with E-state index in [4.69, 9.17) is 0 Å². The molecule has 2 rings (SSSR count). The lowest BCUT2D eigenvalue weighted by molar-refractivity contribution is -0.117. The van der Waals surface area contributed by atoms with Crippen LogP contribution < -0.4 is 5.32 Å². The van der Waals surface area contributed by atoms with E-state index >= 15 is 0 Å². The molecule has 2 atom stereocenters. The molecular formula is C15H21NO. The van der Waals surface area contributed by atoms with Gasteiger partial charge in [0.05, 0.1) is 5.92 Å². The Morgan fingerprint density at radius 2 is 2.18 bits per heavy atom. The minimum atomic E-state index is 0.0615. The Bertz CT molecular complexity index is 425. The highest BCUT2D eigenvalue weighted by Crippen LogP contribution is 2.37. The van der Waals surface area contributed by atoms with E-state index < -0.39 is 0 Å². The van der Waals surface area contributed by atoms with Crippen molar-refractivity contribution in [2.24, 2.45) is 5.92 Å². The number of amides is 1. The van der Waals surface area contributed by atoms with E-state index in [1.807, 2.05) is 6.07 Å². The van der Waals surface area contributed by atoms with E-state index in [1.165, 1.54) is 24.0 Å². The van der Waals surface area contributed by atoms with E-state index in [2.05, 4.69) is 38.2 Å². The average Bonchev–Trinajstić information content (AvgIpc) is 2.56. The molecule has 0 saturated carbocycles. The fraction of sp³-hybridized carbons (Fsp3) is 0.533. The topological polar surface area (TPSA) is 29.1 Å². The largest absolute Gasteiger partial charge is 0.325 e. The summed E-state index contributed by atoms with van der Waals surface area (Å²) in [4.78, 5) is 12.0. The van der Waals surface area contributed by atoms with Crippen LogP contribution >= 0.6 is 0 Å². The summed E-state index contributed by atoms with van der Waals surface area (Å²) in [5, 5.41) is 2.98. The molecule has 0 radical (unpaired) electrons. The normalized spacial score (nSPS) is 19.9. The first-order valence-corrected chi connectivity index (χ1v) is 6.53. The lowest BCUT2D eigenvalue weighted by atomic mass is 9.88. The van der Waals surface area contributed by atoms with Gasteiger partial charge in [0.1, 0.15) is 0 Å². The summed E-state index contributed by atoms with van der Waals surface area (Å²) in [6.07, 6.45) is 3.36. The molecule has 0 aromatic heterocycles. The first-order chi connectivity index (χ1) is 8.11. The number of hydrogen-bond acceptors (Lipinski definition) is 1. The van der Waals surface area contributed by atoms with Crippen molar-refractivity contribution in [2.45, 2.75) is 46.0 Å². The van der Waals surface area contributed by atoms with Crippen molar-refractivity contribution in [1.82, 2.24) is 0 Å². The van der Waals surface area contributed by atoms with Gasteiger partial charge in [-0.2, -0.15) is 0 Å². The molecule has 1 heterocycles. The highest BCUT2D eigenvalue weighted by atomic mass is 16.2. The van der Waals surface area contributed by atoms with Gasteiger partial charge in [-0.3, -0.25) is 4.79 Å². The lowest BCUT2D eigenvalue weighted by Crippen LogP contribution is -2.14. The molecule has 1 aliphatic heterocycles. The van der Waals surface area contributed by atoms with E-state index in [1.54, 1.807) is 0 Å². The molecule has 1 aromatic carbocycles. The summed E-state index contributed by atoms with van der Waals surface area (Å²) in [5.41, 5.74) is 3.43. The standard InChI is InChI=1S/C15H21NO/c1-4-5-10(2)9-13-12-8-11(3)6-7-14(12)16-15(13)17/h6-8,10,13H,4-5,9H2,1-3H3,(H,16,17). The minimum absolute atomic E-state index is 0.0615. The summed E-state index contributed by atoms with van der Waals surface area (Å²) in [6, 6.07) is 6.22. The molecule has 2 nitrogen and oxygen atoms in total. The maximum atomic E-state index is 12.0. The SMILES string of the molecule is CCCC(C)CC1C(=O)Nc2ccc(C)cc21. The van der Waals surface area contributed by atoms with Crippen LogP contribution in [0.5, 0.6) is 0 Å². The van der Waals surface area contributed by atoms with Gasteiger partial charge in [-0.25, -0.2) is 0 Å². The van der Waals surface area contributed by atoms with Gasteiger partial charge in [-0.1, -0.05) is 44.4 Å². The fourth-order valence-electron chi connectivity index (χ4n) is 2.69. The van der Waals surface area contributed by atoms with Gasteiger partial charge < -0.3 is 5.32 Å². The Labute approximate surface area is 103 Å². The third-order valence-corrected chi connectivity index (χ3v) is 3.58. The maximum Gasteiger partial charge on any atom is 0.232 e. The van der Waals surface area contributed by atoms with Crippen LogP contribution in [-0.4, -0.2) is 5.91 Å². The molecule has 2 heteroatoms. The molecule has 1 aromatic rings. The van der Waals surface area contributed by atoms with E-state index in [9.17, 15) is 4.79 Å². The Morgan fingerprint density at radius 3 is 2.88 bits per heavy atom. The number of aryl methyl sites for hydroxylation is 1. The van der Waals surface area contributed by atoms with Crippen LogP contribution in [0.2, 0.25) is 0 Å². The molecule has 1 N–H and O–H groups in total. The van der Waals surface area contributed by atoms with Crippen LogP contribution in [0.4, 0.5) is 5.69 Å². The molecule has 92 valence electrons. The van der Waals surface area contributed by atoms with Gasteiger partial charge in [0.15, 0.2) is 0 Å². The number of fused-ring (bicyclic) bond motifs is 1. The summed E-state index contributed by atoms with van der Waals surface area (Å²) in [7, 11) is 0. The predicted octanol–water partition coefficient (Wildman–Crippen LogP) is 3.86. The van der Waals surface area contributed by atoms with Crippen molar-refractivity contribution in [3.63, 3.8) is 0 Å². The van der Waals surface area contributed by atoms with Gasteiger partial charge in [0.25, 0.3) is 0 Å². The fourth-order valence-corrected chi connectivity index (χ4v) is 2.69.